The summed E-state index contributed by atoms with van der Waals surface area (Å²) in [4.78, 5) is 12.6. The molecule has 0 aromatic heterocycles. The molecule has 144 valence electrons. The van der Waals surface area contributed by atoms with Crippen molar-refractivity contribution in [3.63, 3.8) is 0 Å². The Labute approximate surface area is 151 Å². The Hall–Kier alpha value is -0.730. The molecule has 0 radical (unpaired) electrons. The summed E-state index contributed by atoms with van der Waals surface area (Å²) in [5.41, 5.74) is -1.09. The monoisotopic (exact) mass is 341 g/mol. The van der Waals surface area contributed by atoms with Crippen molar-refractivity contribution in [2.45, 2.75) is 101 Å². The Morgan fingerprint density at radius 1 is 0.792 bits per heavy atom. The van der Waals surface area contributed by atoms with Crippen LogP contribution in [0.5, 0.6) is 0 Å². The third-order valence-electron chi connectivity index (χ3n) is 7.51. The summed E-state index contributed by atoms with van der Waals surface area (Å²) >= 11 is 0. The van der Waals surface area contributed by atoms with Gasteiger partial charge in [0.05, 0.1) is 0 Å². The van der Waals surface area contributed by atoms with Crippen LogP contribution >= 0.6 is 0 Å². The largest absolute Gasteiger partial charge is 0.443 e. The third-order valence-corrected chi connectivity index (χ3v) is 7.51. The molecular formula is C21H43NO2. The van der Waals surface area contributed by atoms with Crippen molar-refractivity contribution in [2.75, 3.05) is 0 Å². The number of hydrogen-bond donors (Lipinski definition) is 1. The highest BCUT2D eigenvalue weighted by molar-refractivity contribution is 5.69. The highest BCUT2D eigenvalue weighted by Crippen LogP contribution is 2.43. The number of alkyl carbamates (subject to hydrolysis) is 1. The second-order valence-corrected chi connectivity index (χ2v) is 10.3. The predicted molar refractivity (Wildman–Crippen MR) is 104 cm³/mol. The fourth-order valence-electron chi connectivity index (χ4n) is 2.90. The van der Waals surface area contributed by atoms with Crippen molar-refractivity contribution >= 4 is 6.09 Å². The highest BCUT2D eigenvalue weighted by Gasteiger charge is 2.46. The van der Waals surface area contributed by atoms with Gasteiger partial charge in [-0.15, -0.1) is 0 Å². The molecule has 24 heavy (non-hydrogen) atoms. The summed E-state index contributed by atoms with van der Waals surface area (Å²) < 4.78 is 5.89. The number of hydrogen-bond acceptors (Lipinski definition) is 2. The van der Waals surface area contributed by atoms with Crippen LogP contribution in [0, 0.1) is 28.6 Å². The summed E-state index contributed by atoms with van der Waals surface area (Å²) in [6.45, 7) is 28.0. The molecule has 0 heterocycles. The maximum atomic E-state index is 12.6. The Bertz CT molecular complexity index is 431. The Morgan fingerprint density at radius 3 is 1.54 bits per heavy atom. The molecule has 1 unspecified atom stereocenters. The van der Waals surface area contributed by atoms with Crippen molar-refractivity contribution in [3.05, 3.63) is 0 Å². The standard InChI is InChI=1S/C21H43NO2/c1-14(2)16(5)19(8,9)20(10,11)22-17(23)24-21(12,13)18(6,7)15(3)4/h14-16H,1-13H3,(H,22,23). The van der Waals surface area contributed by atoms with E-state index >= 15 is 0 Å². The first-order valence-corrected chi connectivity index (χ1v) is 9.41. The highest BCUT2D eigenvalue weighted by atomic mass is 16.6. The van der Waals surface area contributed by atoms with Crippen molar-refractivity contribution in [3.8, 4) is 0 Å². The normalized spacial score (nSPS) is 15.6. The number of amides is 1. The lowest BCUT2D eigenvalue weighted by Gasteiger charge is -2.49. The third kappa shape index (κ3) is 4.67. The van der Waals surface area contributed by atoms with Gasteiger partial charge in [-0.25, -0.2) is 4.79 Å². The van der Waals surface area contributed by atoms with Gasteiger partial charge in [0.1, 0.15) is 5.60 Å². The number of carbonyl (C=O) groups excluding carboxylic acids is 1. The molecule has 0 aliphatic heterocycles. The summed E-state index contributed by atoms with van der Waals surface area (Å²) in [6, 6.07) is 0. The van der Waals surface area contributed by atoms with Crippen LogP contribution in [0.3, 0.4) is 0 Å². The zero-order valence-electron chi connectivity index (χ0n) is 18.5. The quantitative estimate of drug-likeness (QED) is 0.592. The first-order valence-electron chi connectivity index (χ1n) is 9.41. The fourth-order valence-corrected chi connectivity index (χ4v) is 2.90. The SMILES string of the molecule is CC(C)C(C)C(C)(C)C(C)(C)NC(=O)OC(C)(C)C(C)(C)C(C)C. The molecule has 0 aliphatic carbocycles. The van der Waals surface area contributed by atoms with Crippen LogP contribution < -0.4 is 5.32 Å². The predicted octanol–water partition coefficient (Wildman–Crippen LogP) is 6.27. The van der Waals surface area contributed by atoms with Crippen LogP contribution in [-0.2, 0) is 4.74 Å². The second kappa shape index (κ2) is 7.25. The van der Waals surface area contributed by atoms with Gasteiger partial charge >= 0.3 is 6.09 Å². The van der Waals surface area contributed by atoms with Crippen LogP contribution in [-0.4, -0.2) is 17.2 Å². The molecule has 0 saturated heterocycles. The van der Waals surface area contributed by atoms with Gasteiger partial charge in [-0.1, -0.05) is 62.3 Å². The van der Waals surface area contributed by atoms with Gasteiger partial charge in [0, 0.05) is 11.0 Å². The average molecular weight is 342 g/mol. The lowest BCUT2D eigenvalue weighted by molar-refractivity contribution is -0.0750. The molecule has 0 aromatic carbocycles. The molecule has 0 rings (SSSR count). The van der Waals surface area contributed by atoms with Crippen LogP contribution in [0.25, 0.3) is 0 Å². The zero-order chi connectivity index (χ0) is 19.7. The van der Waals surface area contributed by atoms with Crippen LogP contribution in [0.2, 0.25) is 0 Å². The van der Waals surface area contributed by atoms with E-state index < -0.39 is 5.60 Å². The van der Waals surface area contributed by atoms with E-state index in [0.717, 1.165) is 0 Å². The van der Waals surface area contributed by atoms with Crippen molar-refractivity contribution in [1.82, 2.24) is 5.32 Å². The van der Waals surface area contributed by atoms with E-state index in [1.807, 2.05) is 13.8 Å². The van der Waals surface area contributed by atoms with Crippen molar-refractivity contribution in [1.29, 1.82) is 0 Å². The van der Waals surface area contributed by atoms with E-state index in [1.165, 1.54) is 0 Å². The van der Waals surface area contributed by atoms with Gasteiger partial charge in [0.25, 0.3) is 0 Å². The van der Waals surface area contributed by atoms with Crippen molar-refractivity contribution < 1.29 is 9.53 Å². The smallest absolute Gasteiger partial charge is 0.408 e. The minimum Gasteiger partial charge on any atom is -0.443 e. The number of rotatable bonds is 7. The van der Waals surface area contributed by atoms with E-state index in [2.05, 4.69) is 81.5 Å². The number of ether oxygens (including phenoxy) is 1. The van der Waals surface area contributed by atoms with E-state index in [9.17, 15) is 4.79 Å². The van der Waals surface area contributed by atoms with Gasteiger partial charge in [0.2, 0.25) is 0 Å². The minimum absolute atomic E-state index is 0.0576. The molecule has 0 fully saturated rings. The first kappa shape index (κ1) is 23.3. The maximum Gasteiger partial charge on any atom is 0.408 e. The fraction of sp³-hybridized carbons (Fsp3) is 0.952. The van der Waals surface area contributed by atoms with Gasteiger partial charge in [0.15, 0.2) is 0 Å². The molecule has 0 aromatic rings. The molecule has 0 bridgehead atoms. The van der Waals surface area contributed by atoms with Gasteiger partial charge in [-0.3, -0.25) is 0 Å². The number of nitrogens with one attached hydrogen (secondary N) is 1. The minimum atomic E-state index is -0.546. The van der Waals surface area contributed by atoms with E-state index in [4.69, 9.17) is 4.74 Å². The van der Waals surface area contributed by atoms with Crippen LogP contribution in [0.15, 0.2) is 0 Å². The molecule has 3 nitrogen and oxygen atoms in total. The maximum absolute atomic E-state index is 12.6. The number of carbonyl (C=O) groups is 1. The molecule has 0 saturated carbocycles. The van der Waals surface area contributed by atoms with Gasteiger partial charge in [-0.2, -0.15) is 0 Å². The van der Waals surface area contributed by atoms with Gasteiger partial charge < -0.3 is 10.1 Å². The lowest BCUT2D eigenvalue weighted by Crippen LogP contribution is -2.58. The molecule has 0 spiro atoms. The average Bonchev–Trinajstić information content (AvgIpc) is 2.35. The molecule has 1 atom stereocenters. The van der Waals surface area contributed by atoms with Crippen molar-refractivity contribution in [2.24, 2.45) is 28.6 Å². The molecule has 0 aliphatic rings. The molecular weight excluding hydrogens is 298 g/mol. The van der Waals surface area contributed by atoms with Crippen LogP contribution in [0.4, 0.5) is 4.79 Å². The Balaban J connectivity index is 5.24. The van der Waals surface area contributed by atoms with Gasteiger partial charge in [-0.05, 0) is 50.9 Å². The first-order chi connectivity index (χ1) is 10.4. The topological polar surface area (TPSA) is 38.3 Å². The molecule has 1 N–H and O–H groups in total. The Kier molecular flexibility index (Phi) is 7.03. The van der Waals surface area contributed by atoms with Crippen LogP contribution in [0.1, 0.15) is 90.0 Å². The van der Waals surface area contributed by atoms with E-state index in [-0.39, 0.29) is 22.5 Å². The summed E-state index contributed by atoms with van der Waals surface area (Å²) in [7, 11) is 0. The summed E-state index contributed by atoms with van der Waals surface area (Å²) in [5.74, 6) is 1.42. The lowest BCUT2D eigenvalue weighted by atomic mass is 9.63. The van der Waals surface area contributed by atoms with E-state index in [0.29, 0.717) is 17.8 Å². The zero-order valence-corrected chi connectivity index (χ0v) is 18.5. The molecule has 1 amide bonds. The van der Waals surface area contributed by atoms with E-state index in [1.54, 1.807) is 0 Å². The molecule has 3 heteroatoms. The Morgan fingerprint density at radius 2 is 1.21 bits per heavy atom. The summed E-state index contributed by atoms with van der Waals surface area (Å²) in [5, 5.41) is 3.14. The second-order valence-electron chi connectivity index (χ2n) is 10.3. The summed E-state index contributed by atoms with van der Waals surface area (Å²) in [6.07, 6.45) is -0.331.